The van der Waals surface area contributed by atoms with Crippen LogP contribution in [0.1, 0.15) is 15.9 Å². The number of thiophene rings is 1. The first-order valence-electron chi connectivity index (χ1n) is 11.0. The van der Waals surface area contributed by atoms with Gasteiger partial charge in [-0.3, -0.25) is 9.59 Å². The predicted molar refractivity (Wildman–Crippen MR) is 130 cm³/mol. The molecule has 178 valence electrons. The third-order valence-electron chi connectivity index (χ3n) is 5.72. The van der Waals surface area contributed by atoms with E-state index in [1.54, 1.807) is 40.5 Å². The Morgan fingerprint density at radius 3 is 2.60 bits per heavy atom. The summed E-state index contributed by atoms with van der Waals surface area (Å²) in [6.07, 6.45) is 3.62. The van der Waals surface area contributed by atoms with Gasteiger partial charge in [0, 0.05) is 12.4 Å². The summed E-state index contributed by atoms with van der Waals surface area (Å²) in [5, 5.41) is 9.49. The van der Waals surface area contributed by atoms with E-state index in [1.165, 1.54) is 0 Å². The average molecular weight is 490 g/mol. The van der Waals surface area contributed by atoms with Crippen molar-refractivity contribution in [3.8, 4) is 16.4 Å². The van der Waals surface area contributed by atoms with Crippen LogP contribution < -0.4 is 11.1 Å². The largest absolute Gasteiger partial charge is 0.365 e. The minimum absolute atomic E-state index is 0.195. The topological polar surface area (TPSA) is 121 Å². The van der Waals surface area contributed by atoms with Crippen LogP contribution in [0.2, 0.25) is 0 Å². The molecule has 1 aliphatic heterocycles. The highest BCUT2D eigenvalue weighted by atomic mass is 32.1. The fraction of sp³-hybridized carbons (Fsp3) is 0.200. The lowest BCUT2D eigenvalue weighted by atomic mass is 9.97. The van der Waals surface area contributed by atoms with Gasteiger partial charge in [0.25, 0.3) is 17.6 Å². The van der Waals surface area contributed by atoms with Gasteiger partial charge >= 0.3 is 0 Å². The maximum Gasteiger partial charge on any atom is 0.280 e. The molecule has 4 heterocycles. The number of hydrogen-bond donors (Lipinski definition) is 2. The molecule has 0 radical (unpaired) electrons. The van der Waals surface area contributed by atoms with E-state index in [4.69, 9.17) is 15.2 Å². The highest BCUT2D eigenvalue weighted by molar-refractivity contribution is 7.13. The highest BCUT2D eigenvalue weighted by Crippen LogP contribution is 2.27. The molecule has 4 aromatic rings. The summed E-state index contributed by atoms with van der Waals surface area (Å²) in [5.41, 5.74) is 7.65. The van der Waals surface area contributed by atoms with Crippen molar-refractivity contribution in [1.82, 2.24) is 20.1 Å². The number of hydrogen-bond acceptors (Lipinski definition) is 7. The number of ether oxygens (including phenoxy) is 2. The molecule has 1 atom stereocenters. The van der Waals surface area contributed by atoms with Crippen molar-refractivity contribution in [2.24, 2.45) is 5.73 Å². The molecule has 0 aliphatic carbocycles. The van der Waals surface area contributed by atoms with Crippen molar-refractivity contribution in [2.75, 3.05) is 13.2 Å². The molecule has 1 unspecified atom stereocenters. The van der Waals surface area contributed by atoms with E-state index >= 15 is 0 Å². The van der Waals surface area contributed by atoms with Gasteiger partial charge in [-0.25, -0.2) is 9.67 Å². The minimum Gasteiger partial charge on any atom is -0.365 e. The molecule has 35 heavy (non-hydrogen) atoms. The first-order chi connectivity index (χ1) is 17.1. The second-order valence-electron chi connectivity index (χ2n) is 7.94. The number of nitrogens with zero attached hydrogens (tertiary/aromatic N) is 3. The number of carbonyl (C=O) groups excluding carboxylic acids is 2. The van der Waals surface area contributed by atoms with Crippen molar-refractivity contribution >= 4 is 23.2 Å². The number of rotatable bonds is 8. The number of primary amides is 1. The Hall–Kier alpha value is -3.86. The van der Waals surface area contributed by atoms with Crippen molar-refractivity contribution in [3.05, 3.63) is 89.6 Å². The molecule has 5 rings (SSSR count). The normalized spacial score (nSPS) is 15.5. The molecule has 0 saturated carbocycles. The zero-order valence-electron chi connectivity index (χ0n) is 18.7. The summed E-state index contributed by atoms with van der Waals surface area (Å²) in [7, 11) is 0. The molecule has 1 fully saturated rings. The minimum atomic E-state index is -1.77. The number of nitrogens with one attached hydrogen (secondary N) is 1. The lowest BCUT2D eigenvalue weighted by molar-refractivity contribution is -0.189. The van der Waals surface area contributed by atoms with Gasteiger partial charge < -0.3 is 20.5 Å². The standard InChI is InChI=1S/C25H23N5O4S/c26-24(32)25(33-13-14-34-25)21(16-17-6-2-1-3-7-17)28-23(31)18-8-4-11-27-22(18)30-12-10-19(29-30)20-9-5-15-35-20/h1-12,15,21H,13-14,16H2,(H2,26,32)(H,28,31). The Kier molecular flexibility index (Phi) is 6.41. The van der Waals surface area contributed by atoms with Gasteiger partial charge in [0.2, 0.25) is 0 Å². The number of carbonyl (C=O) groups is 2. The van der Waals surface area contributed by atoms with Crippen LogP contribution in [0, 0.1) is 0 Å². The van der Waals surface area contributed by atoms with Crippen LogP contribution in [0.5, 0.6) is 0 Å². The van der Waals surface area contributed by atoms with Crippen LogP contribution in [-0.4, -0.2) is 51.6 Å². The van der Waals surface area contributed by atoms with Crippen molar-refractivity contribution in [1.29, 1.82) is 0 Å². The quantitative estimate of drug-likeness (QED) is 0.392. The molecule has 3 N–H and O–H groups in total. The molecule has 0 spiro atoms. The molecule has 10 heteroatoms. The molecule has 9 nitrogen and oxygen atoms in total. The summed E-state index contributed by atoms with van der Waals surface area (Å²) >= 11 is 1.57. The fourth-order valence-electron chi connectivity index (χ4n) is 4.06. The molecule has 0 bridgehead atoms. The van der Waals surface area contributed by atoms with Crippen LogP contribution in [-0.2, 0) is 20.7 Å². The van der Waals surface area contributed by atoms with Crippen molar-refractivity contribution < 1.29 is 19.1 Å². The summed E-state index contributed by atoms with van der Waals surface area (Å²) in [6, 6.07) is 17.7. The first kappa shape index (κ1) is 22.9. The molecular weight excluding hydrogens is 466 g/mol. The zero-order valence-corrected chi connectivity index (χ0v) is 19.5. The van der Waals surface area contributed by atoms with Gasteiger partial charge in [0.15, 0.2) is 5.82 Å². The Balaban J connectivity index is 1.46. The number of benzene rings is 1. The number of amides is 2. The second-order valence-corrected chi connectivity index (χ2v) is 8.89. The molecule has 1 saturated heterocycles. The lowest BCUT2D eigenvalue weighted by Gasteiger charge is -2.33. The number of nitrogens with two attached hydrogens (primary N) is 1. The number of pyridine rings is 1. The summed E-state index contributed by atoms with van der Waals surface area (Å²) in [4.78, 5) is 31.4. The second kappa shape index (κ2) is 9.79. The van der Waals surface area contributed by atoms with E-state index < -0.39 is 23.6 Å². The van der Waals surface area contributed by atoms with Gasteiger partial charge in [0.05, 0.1) is 29.7 Å². The SMILES string of the molecule is NC(=O)C1(C(Cc2ccccc2)NC(=O)c2cccnc2-n2ccc(-c3cccs3)n2)OCCO1. The van der Waals surface area contributed by atoms with E-state index in [0.717, 1.165) is 16.1 Å². The molecule has 1 aromatic carbocycles. The summed E-state index contributed by atoms with van der Waals surface area (Å²) in [5.74, 6) is -2.67. The van der Waals surface area contributed by atoms with Crippen LogP contribution >= 0.6 is 11.3 Å². The van der Waals surface area contributed by atoms with Crippen molar-refractivity contribution in [3.63, 3.8) is 0 Å². The van der Waals surface area contributed by atoms with E-state index in [1.807, 2.05) is 53.9 Å². The highest BCUT2D eigenvalue weighted by Gasteiger charge is 2.51. The summed E-state index contributed by atoms with van der Waals surface area (Å²) in [6.45, 7) is 0.391. The van der Waals surface area contributed by atoms with Gasteiger partial charge in [-0.05, 0) is 41.6 Å². The third kappa shape index (κ3) is 4.59. The Morgan fingerprint density at radius 2 is 1.89 bits per heavy atom. The van der Waals surface area contributed by atoms with E-state index in [9.17, 15) is 9.59 Å². The number of aromatic nitrogens is 3. The zero-order chi connectivity index (χ0) is 24.3. The van der Waals surface area contributed by atoms with Gasteiger partial charge in [-0.1, -0.05) is 36.4 Å². The first-order valence-corrected chi connectivity index (χ1v) is 11.9. The monoisotopic (exact) mass is 489 g/mol. The van der Waals surface area contributed by atoms with Crippen LogP contribution in [0.25, 0.3) is 16.4 Å². The molecule has 1 aliphatic rings. The van der Waals surface area contributed by atoms with Gasteiger partial charge in [0.1, 0.15) is 5.69 Å². The Morgan fingerprint density at radius 1 is 1.09 bits per heavy atom. The third-order valence-corrected chi connectivity index (χ3v) is 6.61. The Bertz CT molecular complexity index is 1320. The van der Waals surface area contributed by atoms with Crippen LogP contribution in [0.15, 0.2) is 78.4 Å². The van der Waals surface area contributed by atoms with Crippen LogP contribution in [0.3, 0.4) is 0 Å². The van der Waals surface area contributed by atoms with E-state index in [-0.39, 0.29) is 25.2 Å². The lowest BCUT2D eigenvalue weighted by Crippen LogP contribution is -2.61. The van der Waals surface area contributed by atoms with E-state index in [2.05, 4.69) is 15.4 Å². The van der Waals surface area contributed by atoms with E-state index in [0.29, 0.717) is 5.82 Å². The van der Waals surface area contributed by atoms with Gasteiger partial charge in [-0.15, -0.1) is 11.3 Å². The molecular formula is C25H23N5O4S. The summed E-state index contributed by atoms with van der Waals surface area (Å²) < 4.78 is 12.9. The predicted octanol–water partition coefficient (Wildman–Crippen LogP) is 2.57. The maximum atomic E-state index is 13.5. The van der Waals surface area contributed by atoms with Crippen LogP contribution in [0.4, 0.5) is 0 Å². The smallest absolute Gasteiger partial charge is 0.280 e. The average Bonchev–Trinajstić information content (AvgIpc) is 3.66. The Labute approximate surface area is 205 Å². The fourth-order valence-corrected chi connectivity index (χ4v) is 4.75. The van der Waals surface area contributed by atoms with Gasteiger partial charge in [-0.2, -0.15) is 5.10 Å². The molecule has 3 aromatic heterocycles. The molecule has 2 amide bonds. The van der Waals surface area contributed by atoms with Crippen molar-refractivity contribution in [2.45, 2.75) is 18.2 Å². The maximum absolute atomic E-state index is 13.5.